The second-order valence-electron chi connectivity index (χ2n) is 4.86. The number of piperidine rings is 1. The minimum absolute atomic E-state index is 0.0175. The fraction of sp³-hybridized carbons (Fsp3) is 0.571. The number of carbonyl (C=O) groups excluding carboxylic acids is 1. The maximum absolute atomic E-state index is 12.2. The van der Waals surface area contributed by atoms with Crippen molar-refractivity contribution in [2.45, 2.75) is 18.9 Å². The van der Waals surface area contributed by atoms with Gasteiger partial charge in [-0.1, -0.05) is 0 Å². The molecular formula is C14H19NO6. The number of carboxylic acids is 1. The van der Waals surface area contributed by atoms with Crippen molar-refractivity contribution in [1.82, 2.24) is 4.90 Å². The van der Waals surface area contributed by atoms with Crippen molar-refractivity contribution in [2.24, 2.45) is 0 Å². The van der Waals surface area contributed by atoms with Gasteiger partial charge in [0.1, 0.15) is 6.26 Å². The van der Waals surface area contributed by atoms with E-state index >= 15 is 0 Å². The summed E-state index contributed by atoms with van der Waals surface area (Å²) in [5.41, 5.74) is -0.0175. The Bertz CT molecular complexity index is 489. The molecule has 21 heavy (non-hydrogen) atoms. The van der Waals surface area contributed by atoms with Gasteiger partial charge in [0.15, 0.2) is 5.76 Å². The fourth-order valence-electron chi connectivity index (χ4n) is 2.24. The van der Waals surface area contributed by atoms with Gasteiger partial charge in [-0.25, -0.2) is 4.79 Å². The molecule has 7 heteroatoms. The lowest BCUT2D eigenvalue weighted by atomic mass is 10.1. The summed E-state index contributed by atoms with van der Waals surface area (Å²) in [6, 6.07) is 1.26. The van der Waals surface area contributed by atoms with Crippen LogP contribution in [0.2, 0.25) is 0 Å². The number of carbonyl (C=O) groups is 2. The average molecular weight is 297 g/mol. The lowest BCUT2D eigenvalue weighted by Gasteiger charge is -2.31. The molecule has 0 aromatic carbocycles. The maximum atomic E-state index is 12.2. The van der Waals surface area contributed by atoms with Crippen LogP contribution in [0.3, 0.4) is 0 Å². The van der Waals surface area contributed by atoms with E-state index in [0.29, 0.717) is 26.3 Å². The topological polar surface area (TPSA) is 89.2 Å². The highest BCUT2D eigenvalue weighted by Crippen LogP contribution is 2.17. The largest absolute Gasteiger partial charge is 0.478 e. The molecule has 2 heterocycles. The van der Waals surface area contributed by atoms with Crippen LogP contribution >= 0.6 is 0 Å². The third kappa shape index (κ3) is 4.05. The van der Waals surface area contributed by atoms with Gasteiger partial charge < -0.3 is 23.9 Å². The molecular weight excluding hydrogens is 278 g/mol. The Labute approximate surface area is 122 Å². The third-order valence-corrected chi connectivity index (χ3v) is 3.43. The van der Waals surface area contributed by atoms with E-state index in [1.54, 1.807) is 12.0 Å². The SMILES string of the molecule is COCCOC1CCN(C(=O)c2cc(C(=O)O)co2)CC1. The first-order valence-electron chi connectivity index (χ1n) is 6.83. The van der Waals surface area contributed by atoms with Crippen molar-refractivity contribution in [2.75, 3.05) is 33.4 Å². The predicted molar refractivity (Wildman–Crippen MR) is 72.4 cm³/mol. The number of rotatable bonds is 6. The number of amides is 1. The first-order valence-corrected chi connectivity index (χ1v) is 6.83. The Hall–Kier alpha value is -1.86. The Kier molecular flexibility index (Phi) is 5.35. The van der Waals surface area contributed by atoms with Crippen LogP contribution < -0.4 is 0 Å². The second kappa shape index (κ2) is 7.24. The molecule has 0 unspecified atom stereocenters. The quantitative estimate of drug-likeness (QED) is 0.795. The highest BCUT2D eigenvalue weighted by molar-refractivity contribution is 5.95. The average Bonchev–Trinajstić information content (AvgIpc) is 2.97. The van der Waals surface area contributed by atoms with Gasteiger partial charge in [-0.2, -0.15) is 0 Å². The van der Waals surface area contributed by atoms with Gasteiger partial charge in [0.05, 0.1) is 24.9 Å². The maximum Gasteiger partial charge on any atom is 0.338 e. The highest BCUT2D eigenvalue weighted by Gasteiger charge is 2.26. The summed E-state index contributed by atoms with van der Waals surface area (Å²) >= 11 is 0. The number of methoxy groups -OCH3 is 1. The van der Waals surface area contributed by atoms with E-state index in [-0.39, 0.29) is 23.3 Å². The summed E-state index contributed by atoms with van der Waals surface area (Å²) in [7, 11) is 1.62. The van der Waals surface area contributed by atoms with Gasteiger partial charge in [-0.3, -0.25) is 4.79 Å². The number of aromatic carboxylic acids is 1. The minimum Gasteiger partial charge on any atom is -0.478 e. The van der Waals surface area contributed by atoms with Gasteiger partial charge in [0.25, 0.3) is 5.91 Å². The van der Waals surface area contributed by atoms with Crippen molar-refractivity contribution in [1.29, 1.82) is 0 Å². The van der Waals surface area contributed by atoms with Crippen LogP contribution in [-0.4, -0.2) is 61.4 Å². The highest BCUT2D eigenvalue weighted by atomic mass is 16.5. The first-order chi connectivity index (χ1) is 10.1. The molecule has 0 aliphatic carbocycles. The van der Waals surface area contributed by atoms with Gasteiger partial charge in [-0.05, 0) is 12.8 Å². The zero-order valence-electron chi connectivity index (χ0n) is 11.9. The molecule has 1 aromatic rings. The molecule has 7 nitrogen and oxygen atoms in total. The Balaban J connectivity index is 1.83. The molecule has 1 aromatic heterocycles. The fourth-order valence-corrected chi connectivity index (χ4v) is 2.24. The lowest BCUT2D eigenvalue weighted by Crippen LogP contribution is -2.41. The van der Waals surface area contributed by atoms with E-state index < -0.39 is 5.97 Å². The molecule has 0 radical (unpaired) electrons. The number of nitrogens with zero attached hydrogens (tertiary/aromatic N) is 1. The molecule has 0 atom stereocenters. The van der Waals surface area contributed by atoms with Crippen LogP contribution in [0.15, 0.2) is 16.7 Å². The number of ether oxygens (including phenoxy) is 2. The first kappa shape index (κ1) is 15.5. The summed E-state index contributed by atoms with van der Waals surface area (Å²) in [5, 5.41) is 8.82. The van der Waals surface area contributed by atoms with E-state index in [0.717, 1.165) is 19.1 Å². The van der Waals surface area contributed by atoms with E-state index in [9.17, 15) is 9.59 Å². The molecule has 1 aliphatic heterocycles. The summed E-state index contributed by atoms with van der Waals surface area (Å²) in [4.78, 5) is 24.6. The van der Waals surface area contributed by atoms with Crippen molar-refractivity contribution in [3.05, 3.63) is 23.7 Å². The number of carboxylic acid groups (broad SMARTS) is 1. The minimum atomic E-state index is -1.11. The van der Waals surface area contributed by atoms with Crippen molar-refractivity contribution in [3.63, 3.8) is 0 Å². The van der Waals surface area contributed by atoms with Crippen molar-refractivity contribution < 1.29 is 28.6 Å². The van der Waals surface area contributed by atoms with Crippen molar-refractivity contribution >= 4 is 11.9 Å². The van der Waals surface area contributed by atoms with E-state index in [1.165, 1.54) is 6.07 Å². The van der Waals surface area contributed by atoms with Crippen LogP contribution in [-0.2, 0) is 9.47 Å². The zero-order chi connectivity index (χ0) is 15.2. The van der Waals surface area contributed by atoms with Crippen LogP contribution in [0, 0.1) is 0 Å². The van der Waals surface area contributed by atoms with Crippen LogP contribution in [0.4, 0.5) is 0 Å². The summed E-state index contributed by atoms with van der Waals surface area (Å²) in [5.74, 6) is -1.33. The van der Waals surface area contributed by atoms with Crippen LogP contribution in [0.5, 0.6) is 0 Å². The predicted octanol–water partition coefficient (Wildman–Crippen LogP) is 1.25. The third-order valence-electron chi connectivity index (χ3n) is 3.43. The lowest BCUT2D eigenvalue weighted by molar-refractivity contribution is -0.0127. The molecule has 0 spiro atoms. The molecule has 0 saturated carbocycles. The van der Waals surface area contributed by atoms with E-state index in [1.807, 2.05) is 0 Å². The van der Waals surface area contributed by atoms with Gasteiger partial charge in [0, 0.05) is 26.3 Å². The number of furan rings is 1. The van der Waals surface area contributed by atoms with E-state index in [4.69, 9.17) is 19.0 Å². The molecule has 2 rings (SSSR count). The second-order valence-corrected chi connectivity index (χ2v) is 4.86. The summed E-state index contributed by atoms with van der Waals surface area (Å²) in [6.45, 7) is 2.25. The summed E-state index contributed by atoms with van der Waals surface area (Å²) < 4.78 is 15.6. The Morgan fingerprint density at radius 1 is 1.38 bits per heavy atom. The normalized spacial score (nSPS) is 16.1. The van der Waals surface area contributed by atoms with Gasteiger partial charge in [0.2, 0.25) is 0 Å². The Morgan fingerprint density at radius 2 is 2.10 bits per heavy atom. The number of hydrogen-bond donors (Lipinski definition) is 1. The van der Waals surface area contributed by atoms with Crippen LogP contribution in [0.25, 0.3) is 0 Å². The van der Waals surface area contributed by atoms with Crippen LogP contribution in [0.1, 0.15) is 33.8 Å². The molecule has 1 fully saturated rings. The number of hydrogen-bond acceptors (Lipinski definition) is 5. The monoisotopic (exact) mass is 297 g/mol. The molecule has 1 saturated heterocycles. The van der Waals surface area contributed by atoms with Crippen molar-refractivity contribution in [3.8, 4) is 0 Å². The molecule has 1 aliphatic rings. The Morgan fingerprint density at radius 3 is 2.67 bits per heavy atom. The van der Waals surface area contributed by atoms with Gasteiger partial charge >= 0.3 is 5.97 Å². The van der Waals surface area contributed by atoms with Gasteiger partial charge in [-0.15, -0.1) is 0 Å². The molecule has 1 amide bonds. The molecule has 1 N–H and O–H groups in total. The van der Waals surface area contributed by atoms with E-state index in [2.05, 4.69) is 0 Å². The smallest absolute Gasteiger partial charge is 0.338 e. The number of likely N-dealkylation sites (tertiary alicyclic amines) is 1. The zero-order valence-corrected chi connectivity index (χ0v) is 11.9. The molecule has 116 valence electrons. The summed E-state index contributed by atoms with van der Waals surface area (Å²) in [6.07, 6.45) is 2.72. The standard InChI is InChI=1S/C14H19NO6/c1-19-6-7-20-11-2-4-15(5-3-11)13(16)12-8-10(9-21-12)14(17)18/h8-9,11H,2-7H2,1H3,(H,17,18). The molecule has 0 bridgehead atoms.